The van der Waals surface area contributed by atoms with Gasteiger partial charge in [0.2, 0.25) is 0 Å². The molecule has 0 aromatic heterocycles. The van der Waals surface area contributed by atoms with Crippen molar-refractivity contribution in [2.24, 2.45) is 0 Å². The Labute approximate surface area is 194 Å². The van der Waals surface area contributed by atoms with E-state index in [-0.39, 0.29) is 42.1 Å². The molecule has 0 saturated carbocycles. The van der Waals surface area contributed by atoms with Crippen LogP contribution in [0.3, 0.4) is 0 Å². The van der Waals surface area contributed by atoms with Crippen LogP contribution in [0.15, 0.2) is 42.5 Å². The molecular weight excluding hydrogens is 474 g/mol. The highest BCUT2D eigenvalue weighted by atomic mass is 35.5. The number of hydrogen-bond acceptors (Lipinski definition) is 5. The Kier molecular flexibility index (Phi) is 9.45. The summed E-state index contributed by atoms with van der Waals surface area (Å²) in [5.41, 5.74) is 0.987. The van der Waals surface area contributed by atoms with Gasteiger partial charge in [-0.25, -0.2) is 0 Å². The van der Waals surface area contributed by atoms with E-state index in [4.69, 9.17) is 26.2 Å². The van der Waals surface area contributed by atoms with Crippen molar-refractivity contribution in [3.8, 4) is 11.5 Å². The highest BCUT2D eigenvalue weighted by molar-refractivity contribution is 6.31. The lowest BCUT2D eigenvalue weighted by molar-refractivity contribution is -0.275. The van der Waals surface area contributed by atoms with Crippen LogP contribution < -0.4 is 9.47 Å². The first-order valence-electron chi connectivity index (χ1n) is 9.53. The van der Waals surface area contributed by atoms with Gasteiger partial charge in [0.25, 0.3) is 0 Å². The van der Waals surface area contributed by atoms with E-state index in [9.17, 15) is 18.0 Å². The molecule has 1 fully saturated rings. The summed E-state index contributed by atoms with van der Waals surface area (Å²) < 4.78 is 53.2. The molecule has 1 aliphatic rings. The average molecular weight is 496 g/mol. The van der Waals surface area contributed by atoms with Gasteiger partial charge >= 0.3 is 12.3 Å². The molecule has 1 saturated heterocycles. The molecule has 1 N–H and O–H groups in total. The van der Waals surface area contributed by atoms with E-state index < -0.39 is 18.1 Å². The van der Waals surface area contributed by atoms with Gasteiger partial charge in [0.15, 0.2) is 0 Å². The third-order valence-corrected chi connectivity index (χ3v) is 5.08. The molecule has 2 aromatic rings. The molecule has 1 aliphatic heterocycles. The maximum atomic E-state index is 12.6. The van der Waals surface area contributed by atoms with Crippen molar-refractivity contribution in [1.29, 1.82) is 0 Å². The van der Waals surface area contributed by atoms with Crippen LogP contribution in [0.5, 0.6) is 11.5 Å². The van der Waals surface area contributed by atoms with Gasteiger partial charge in [0.1, 0.15) is 18.1 Å². The molecule has 32 heavy (non-hydrogen) atoms. The fourth-order valence-corrected chi connectivity index (χ4v) is 3.41. The summed E-state index contributed by atoms with van der Waals surface area (Å²) in [6.45, 7) is 2.00. The van der Waals surface area contributed by atoms with Crippen molar-refractivity contribution < 1.29 is 37.3 Å². The standard InChI is InChI=1S/C21H21ClF3NO5.ClH/c22-17-2-1-3-18(31-21(23,24)25)16(17)13-30-15-6-4-14(5-7-15)19-12-26(10-11-29-19)9-8-20(27)28;/h1-7,19H,8-13H2,(H,27,28);1H. The summed E-state index contributed by atoms with van der Waals surface area (Å²) in [7, 11) is 0. The minimum absolute atomic E-state index is 0. The van der Waals surface area contributed by atoms with E-state index in [0.717, 1.165) is 5.56 Å². The van der Waals surface area contributed by atoms with Crippen molar-refractivity contribution in [3.63, 3.8) is 0 Å². The van der Waals surface area contributed by atoms with Gasteiger partial charge in [-0.1, -0.05) is 29.8 Å². The van der Waals surface area contributed by atoms with E-state index in [1.54, 1.807) is 24.3 Å². The number of halogens is 5. The molecule has 1 atom stereocenters. The second-order valence-corrected chi connectivity index (χ2v) is 7.33. The highest BCUT2D eigenvalue weighted by Gasteiger charge is 2.32. The van der Waals surface area contributed by atoms with Crippen LogP contribution in [0.2, 0.25) is 5.02 Å². The van der Waals surface area contributed by atoms with Crippen LogP contribution >= 0.6 is 24.0 Å². The van der Waals surface area contributed by atoms with Crippen molar-refractivity contribution in [2.45, 2.75) is 25.5 Å². The van der Waals surface area contributed by atoms with Gasteiger partial charge in [-0.3, -0.25) is 9.69 Å². The normalized spacial score (nSPS) is 16.8. The van der Waals surface area contributed by atoms with Gasteiger partial charge in [0, 0.05) is 19.6 Å². The monoisotopic (exact) mass is 495 g/mol. The number of ether oxygens (including phenoxy) is 3. The zero-order valence-corrected chi connectivity index (χ0v) is 18.4. The number of carbonyl (C=O) groups is 1. The number of benzene rings is 2. The first-order valence-corrected chi connectivity index (χ1v) is 9.91. The van der Waals surface area contributed by atoms with Gasteiger partial charge < -0.3 is 19.3 Å². The maximum Gasteiger partial charge on any atom is 0.573 e. The number of alkyl halides is 3. The van der Waals surface area contributed by atoms with Crippen molar-refractivity contribution in [3.05, 3.63) is 58.6 Å². The highest BCUT2D eigenvalue weighted by Crippen LogP contribution is 2.32. The zero-order chi connectivity index (χ0) is 22.4. The Bertz CT molecular complexity index is 896. The molecule has 0 amide bonds. The molecule has 6 nitrogen and oxygen atoms in total. The minimum atomic E-state index is -4.83. The number of hydrogen-bond donors (Lipinski definition) is 1. The number of rotatable bonds is 8. The maximum absolute atomic E-state index is 12.6. The Morgan fingerprint density at radius 3 is 2.59 bits per heavy atom. The molecule has 0 bridgehead atoms. The van der Waals surface area contributed by atoms with Crippen LogP contribution in [-0.2, 0) is 16.1 Å². The first-order chi connectivity index (χ1) is 14.7. The van der Waals surface area contributed by atoms with Gasteiger partial charge in [-0.2, -0.15) is 0 Å². The smallest absolute Gasteiger partial charge is 0.489 e. The Morgan fingerprint density at radius 2 is 1.94 bits per heavy atom. The number of carboxylic acid groups (broad SMARTS) is 1. The van der Waals surface area contributed by atoms with Crippen LogP contribution in [0, 0.1) is 0 Å². The molecule has 0 aliphatic carbocycles. The quantitative estimate of drug-likeness (QED) is 0.550. The summed E-state index contributed by atoms with van der Waals surface area (Å²) in [4.78, 5) is 12.8. The second-order valence-electron chi connectivity index (χ2n) is 6.93. The number of nitrogens with zero attached hydrogens (tertiary/aromatic N) is 1. The van der Waals surface area contributed by atoms with E-state index >= 15 is 0 Å². The summed E-state index contributed by atoms with van der Waals surface area (Å²) >= 11 is 6.02. The molecular formula is C21H22Cl2F3NO5. The van der Waals surface area contributed by atoms with Crippen molar-refractivity contribution in [1.82, 2.24) is 4.90 Å². The zero-order valence-electron chi connectivity index (χ0n) is 16.8. The summed E-state index contributed by atoms with van der Waals surface area (Å²) in [6, 6.07) is 11.0. The lowest BCUT2D eigenvalue weighted by Crippen LogP contribution is -2.39. The predicted molar refractivity (Wildman–Crippen MR) is 114 cm³/mol. The SMILES string of the molecule is Cl.O=C(O)CCN1CCOC(c2ccc(OCc3c(Cl)cccc3OC(F)(F)F)cc2)C1. The van der Waals surface area contributed by atoms with Crippen LogP contribution in [0.1, 0.15) is 23.7 Å². The molecule has 1 unspecified atom stereocenters. The lowest BCUT2D eigenvalue weighted by atomic mass is 10.1. The predicted octanol–water partition coefficient (Wildman–Crippen LogP) is 5.09. The van der Waals surface area contributed by atoms with E-state index in [1.807, 2.05) is 4.90 Å². The third kappa shape index (κ3) is 7.74. The Balaban J connectivity index is 0.00000363. The third-order valence-electron chi connectivity index (χ3n) is 4.73. The Hall–Kier alpha value is -2.20. The van der Waals surface area contributed by atoms with E-state index in [2.05, 4.69) is 4.74 Å². The summed E-state index contributed by atoms with van der Waals surface area (Å²) in [6.07, 6.45) is -4.96. The number of aliphatic carboxylic acids is 1. The Morgan fingerprint density at radius 1 is 1.22 bits per heavy atom. The molecule has 1 heterocycles. The molecule has 2 aromatic carbocycles. The van der Waals surface area contributed by atoms with Crippen LogP contribution in [-0.4, -0.2) is 48.6 Å². The molecule has 0 spiro atoms. The van der Waals surface area contributed by atoms with E-state index in [1.165, 1.54) is 18.2 Å². The minimum Gasteiger partial charge on any atom is -0.489 e. The largest absolute Gasteiger partial charge is 0.573 e. The van der Waals surface area contributed by atoms with Gasteiger partial charge in [-0.15, -0.1) is 25.6 Å². The number of morpholine rings is 1. The van der Waals surface area contributed by atoms with Gasteiger partial charge in [0.05, 0.1) is 29.7 Å². The van der Waals surface area contributed by atoms with Gasteiger partial charge in [-0.05, 0) is 29.8 Å². The topological polar surface area (TPSA) is 68.2 Å². The average Bonchev–Trinajstić information content (AvgIpc) is 2.71. The molecule has 176 valence electrons. The van der Waals surface area contributed by atoms with E-state index in [0.29, 0.717) is 32.0 Å². The number of carboxylic acids is 1. The van der Waals surface area contributed by atoms with Crippen LogP contribution in [0.25, 0.3) is 0 Å². The fraction of sp³-hybridized carbons (Fsp3) is 0.381. The van der Waals surface area contributed by atoms with Crippen LogP contribution in [0.4, 0.5) is 13.2 Å². The summed E-state index contributed by atoms with van der Waals surface area (Å²) in [5, 5.41) is 8.94. The first kappa shape index (κ1) is 26.1. The molecule has 11 heteroatoms. The van der Waals surface area contributed by atoms with Crippen molar-refractivity contribution in [2.75, 3.05) is 26.2 Å². The molecule has 3 rings (SSSR count). The summed E-state index contributed by atoms with van der Waals surface area (Å²) in [5.74, 6) is -0.805. The fourth-order valence-electron chi connectivity index (χ4n) is 3.19. The second kappa shape index (κ2) is 11.6. The molecule has 0 radical (unpaired) electrons. The van der Waals surface area contributed by atoms with Crippen molar-refractivity contribution >= 4 is 30.0 Å². The lowest BCUT2D eigenvalue weighted by Gasteiger charge is -2.32.